The Balaban J connectivity index is 1.62. The Kier molecular flexibility index (Phi) is 4.59. The first kappa shape index (κ1) is 16.5. The summed E-state index contributed by atoms with van der Waals surface area (Å²) in [6, 6.07) is 7.14. The minimum atomic E-state index is -2.51. The summed E-state index contributed by atoms with van der Waals surface area (Å²) in [4.78, 5) is 10.7. The lowest BCUT2D eigenvalue weighted by Gasteiger charge is -2.27. The number of aliphatic carboxylic acids is 1. The predicted molar refractivity (Wildman–Crippen MR) is 83.7 cm³/mol. The van der Waals surface area contributed by atoms with Crippen LogP contribution in [0.5, 0.6) is 0 Å². The zero-order valence-corrected chi connectivity index (χ0v) is 13.2. The van der Waals surface area contributed by atoms with Crippen LogP contribution in [0.2, 0.25) is 0 Å². The maximum absolute atomic E-state index is 13.2. The molecule has 5 nitrogen and oxygen atoms in total. The smallest absolute Gasteiger partial charge is 0.307 e. The molecule has 0 bridgehead atoms. The third-order valence-corrected chi connectivity index (χ3v) is 4.43. The molecule has 0 spiro atoms. The number of rotatable bonds is 5. The Labute approximate surface area is 138 Å². The molecule has 1 heterocycles. The molecule has 0 atom stereocenters. The first-order chi connectivity index (χ1) is 11.4. The number of nitrogens with zero attached hydrogens (tertiary/aromatic N) is 3. The van der Waals surface area contributed by atoms with E-state index in [9.17, 15) is 13.6 Å². The average molecular weight is 335 g/mol. The highest BCUT2D eigenvalue weighted by Gasteiger charge is 2.34. The first-order valence-corrected chi connectivity index (χ1v) is 8.00. The van der Waals surface area contributed by atoms with Gasteiger partial charge in [0.2, 0.25) is 5.92 Å². The molecule has 1 N–H and O–H groups in total. The summed E-state index contributed by atoms with van der Waals surface area (Å²) in [6.07, 6.45) is 2.70. The fraction of sp³-hybridized carbons (Fsp3) is 0.471. The van der Waals surface area contributed by atoms with Crippen molar-refractivity contribution in [3.05, 3.63) is 36.0 Å². The molecule has 0 unspecified atom stereocenters. The number of carbonyl (C=O) groups is 1. The monoisotopic (exact) mass is 335 g/mol. The number of hydrogen-bond donors (Lipinski definition) is 1. The number of carboxylic acids is 1. The van der Waals surface area contributed by atoms with Gasteiger partial charge >= 0.3 is 5.97 Å². The summed E-state index contributed by atoms with van der Waals surface area (Å²) in [6.45, 7) is 0.597. The van der Waals surface area contributed by atoms with Crippen LogP contribution in [0.25, 0.3) is 11.3 Å². The fourth-order valence-electron chi connectivity index (χ4n) is 3.03. The van der Waals surface area contributed by atoms with Crippen molar-refractivity contribution in [1.82, 2.24) is 15.0 Å². The summed E-state index contributed by atoms with van der Waals surface area (Å²) in [5, 5.41) is 17.0. The Morgan fingerprint density at radius 3 is 2.54 bits per heavy atom. The summed E-state index contributed by atoms with van der Waals surface area (Å²) < 4.78 is 28.1. The molecule has 1 aliphatic rings. The SMILES string of the molecule is O=C(O)Cc1ccc(-c2cn(CC3CCC(F)(F)CC3)nn2)cc1. The van der Waals surface area contributed by atoms with E-state index in [1.807, 2.05) is 12.1 Å². The van der Waals surface area contributed by atoms with Gasteiger partial charge in [-0.25, -0.2) is 8.78 Å². The van der Waals surface area contributed by atoms with Crippen LogP contribution in [0.4, 0.5) is 8.78 Å². The van der Waals surface area contributed by atoms with Crippen molar-refractivity contribution >= 4 is 5.97 Å². The maximum atomic E-state index is 13.2. The molecule has 1 aliphatic carbocycles. The van der Waals surface area contributed by atoms with Crippen molar-refractivity contribution in [3.8, 4) is 11.3 Å². The number of carboxylic acid groups (broad SMARTS) is 1. The quantitative estimate of drug-likeness (QED) is 0.909. The van der Waals surface area contributed by atoms with Gasteiger partial charge in [0, 0.05) is 24.9 Å². The Morgan fingerprint density at radius 2 is 1.92 bits per heavy atom. The second kappa shape index (κ2) is 6.67. The molecular formula is C17H19F2N3O2. The van der Waals surface area contributed by atoms with Gasteiger partial charge in [-0.3, -0.25) is 9.48 Å². The molecule has 0 saturated heterocycles. The van der Waals surface area contributed by atoms with Crippen LogP contribution in [-0.2, 0) is 17.8 Å². The van der Waals surface area contributed by atoms with Crippen molar-refractivity contribution in [2.75, 3.05) is 0 Å². The maximum Gasteiger partial charge on any atom is 0.307 e. The van der Waals surface area contributed by atoms with Gasteiger partial charge in [0.05, 0.1) is 12.6 Å². The van der Waals surface area contributed by atoms with E-state index >= 15 is 0 Å². The molecule has 1 fully saturated rings. The van der Waals surface area contributed by atoms with E-state index in [0.717, 1.165) is 11.1 Å². The van der Waals surface area contributed by atoms with E-state index in [-0.39, 0.29) is 25.2 Å². The normalized spacial score (nSPS) is 17.8. The number of benzene rings is 1. The fourth-order valence-corrected chi connectivity index (χ4v) is 3.03. The molecule has 0 aliphatic heterocycles. The summed E-state index contributed by atoms with van der Waals surface area (Å²) >= 11 is 0. The van der Waals surface area contributed by atoms with Crippen LogP contribution in [0.3, 0.4) is 0 Å². The highest BCUT2D eigenvalue weighted by Crippen LogP contribution is 2.36. The molecule has 2 aromatic rings. The lowest BCUT2D eigenvalue weighted by Crippen LogP contribution is -2.26. The number of halogens is 2. The van der Waals surface area contributed by atoms with Crippen LogP contribution in [0.1, 0.15) is 31.2 Å². The molecular weight excluding hydrogens is 316 g/mol. The molecule has 0 amide bonds. The molecule has 3 rings (SSSR count). The van der Waals surface area contributed by atoms with E-state index in [1.54, 1.807) is 23.0 Å². The lowest BCUT2D eigenvalue weighted by molar-refractivity contribution is -0.136. The van der Waals surface area contributed by atoms with Crippen molar-refractivity contribution in [1.29, 1.82) is 0 Å². The summed E-state index contributed by atoms with van der Waals surface area (Å²) in [5.74, 6) is -3.18. The van der Waals surface area contributed by atoms with Crippen LogP contribution >= 0.6 is 0 Å². The second-order valence-electron chi connectivity index (χ2n) is 6.39. The van der Waals surface area contributed by atoms with Crippen LogP contribution in [0, 0.1) is 5.92 Å². The molecule has 0 radical (unpaired) electrons. The standard InChI is InChI=1S/C17H19F2N3O2/c18-17(19)7-5-13(6-8-17)10-22-11-15(20-21-22)14-3-1-12(2-4-14)9-16(23)24/h1-4,11,13H,5-10H2,(H,23,24). The molecule has 1 aromatic heterocycles. The number of aromatic nitrogens is 3. The minimum absolute atomic E-state index is 0.0146. The van der Waals surface area contributed by atoms with E-state index in [0.29, 0.717) is 25.1 Å². The van der Waals surface area contributed by atoms with Crippen LogP contribution < -0.4 is 0 Å². The molecule has 1 aromatic carbocycles. The Morgan fingerprint density at radius 1 is 1.25 bits per heavy atom. The molecule has 128 valence electrons. The van der Waals surface area contributed by atoms with E-state index < -0.39 is 11.9 Å². The average Bonchev–Trinajstić information content (AvgIpc) is 2.98. The van der Waals surface area contributed by atoms with Gasteiger partial charge < -0.3 is 5.11 Å². The van der Waals surface area contributed by atoms with Gasteiger partial charge in [-0.05, 0) is 24.3 Å². The van der Waals surface area contributed by atoms with Gasteiger partial charge in [-0.15, -0.1) is 5.10 Å². The van der Waals surface area contributed by atoms with Gasteiger partial charge in [-0.2, -0.15) is 0 Å². The summed E-state index contributed by atoms with van der Waals surface area (Å²) in [7, 11) is 0. The minimum Gasteiger partial charge on any atom is -0.481 e. The van der Waals surface area contributed by atoms with E-state index in [1.165, 1.54) is 0 Å². The van der Waals surface area contributed by atoms with Crippen LogP contribution in [-0.4, -0.2) is 32.0 Å². The van der Waals surface area contributed by atoms with Gasteiger partial charge in [-0.1, -0.05) is 29.5 Å². The zero-order chi connectivity index (χ0) is 17.2. The third kappa shape index (κ3) is 4.15. The van der Waals surface area contributed by atoms with E-state index in [4.69, 9.17) is 5.11 Å². The van der Waals surface area contributed by atoms with Crippen molar-refractivity contribution in [3.63, 3.8) is 0 Å². The Bertz CT molecular complexity index is 703. The predicted octanol–water partition coefficient (Wildman–Crippen LogP) is 3.40. The second-order valence-corrected chi connectivity index (χ2v) is 6.39. The van der Waals surface area contributed by atoms with Gasteiger partial charge in [0.15, 0.2) is 0 Å². The molecule has 7 heteroatoms. The third-order valence-electron chi connectivity index (χ3n) is 4.43. The highest BCUT2D eigenvalue weighted by atomic mass is 19.3. The number of hydrogen-bond acceptors (Lipinski definition) is 3. The molecule has 1 saturated carbocycles. The van der Waals surface area contributed by atoms with Crippen molar-refractivity contribution in [2.24, 2.45) is 5.92 Å². The summed E-state index contributed by atoms with van der Waals surface area (Å²) in [5.41, 5.74) is 2.27. The van der Waals surface area contributed by atoms with Crippen molar-refractivity contribution in [2.45, 2.75) is 44.6 Å². The first-order valence-electron chi connectivity index (χ1n) is 8.00. The molecule has 24 heavy (non-hydrogen) atoms. The largest absolute Gasteiger partial charge is 0.481 e. The van der Waals surface area contributed by atoms with Gasteiger partial charge in [0.1, 0.15) is 5.69 Å². The number of alkyl halides is 2. The van der Waals surface area contributed by atoms with E-state index in [2.05, 4.69) is 10.3 Å². The lowest BCUT2D eigenvalue weighted by atomic mass is 9.87. The Hall–Kier alpha value is -2.31. The highest BCUT2D eigenvalue weighted by molar-refractivity contribution is 5.70. The zero-order valence-electron chi connectivity index (χ0n) is 13.2. The van der Waals surface area contributed by atoms with Crippen molar-refractivity contribution < 1.29 is 18.7 Å². The van der Waals surface area contributed by atoms with Crippen LogP contribution in [0.15, 0.2) is 30.5 Å². The topological polar surface area (TPSA) is 68.0 Å². The van der Waals surface area contributed by atoms with Gasteiger partial charge in [0.25, 0.3) is 0 Å².